The molecular weight excluding hydrogens is 290 g/mol. The summed E-state index contributed by atoms with van der Waals surface area (Å²) in [6.45, 7) is 4.62. The van der Waals surface area contributed by atoms with Gasteiger partial charge in [0.2, 0.25) is 0 Å². The number of benzene rings is 1. The topological polar surface area (TPSA) is 68.0 Å². The second kappa shape index (κ2) is 6.20. The first kappa shape index (κ1) is 15.2. The molecule has 1 aromatic carbocycles. The first-order valence-corrected chi connectivity index (χ1v) is 7.63. The van der Waals surface area contributed by atoms with E-state index in [1.807, 2.05) is 42.9 Å². The van der Waals surface area contributed by atoms with Crippen molar-refractivity contribution in [2.45, 2.75) is 33.2 Å². The van der Waals surface area contributed by atoms with Crippen LogP contribution in [0.3, 0.4) is 0 Å². The van der Waals surface area contributed by atoms with E-state index in [-0.39, 0.29) is 6.42 Å². The number of carbonyl (C=O) groups is 1. The van der Waals surface area contributed by atoms with Crippen LogP contribution >= 0.6 is 0 Å². The van der Waals surface area contributed by atoms with Crippen molar-refractivity contribution in [3.05, 3.63) is 58.9 Å². The minimum atomic E-state index is -0.788. The fourth-order valence-corrected chi connectivity index (χ4v) is 2.89. The van der Waals surface area contributed by atoms with E-state index in [1.54, 1.807) is 0 Å². The minimum Gasteiger partial charge on any atom is -0.481 e. The third kappa shape index (κ3) is 3.08. The van der Waals surface area contributed by atoms with Crippen LogP contribution in [0.2, 0.25) is 0 Å². The normalized spacial score (nSPS) is 11.0. The first-order chi connectivity index (χ1) is 11.1. The van der Waals surface area contributed by atoms with Gasteiger partial charge in [0.1, 0.15) is 0 Å². The number of nitrogens with zero attached hydrogens (tertiary/aromatic N) is 3. The number of carboxylic acids is 1. The fourth-order valence-electron chi connectivity index (χ4n) is 2.89. The van der Waals surface area contributed by atoms with Crippen molar-refractivity contribution in [3.8, 4) is 0 Å². The van der Waals surface area contributed by atoms with E-state index < -0.39 is 5.97 Å². The lowest BCUT2D eigenvalue weighted by molar-refractivity contribution is -0.136. The van der Waals surface area contributed by atoms with Gasteiger partial charge in [-0.3, -0.25) is 4.79 Å². The number of rotatable bonds is 5. The van der Waals surface area contributed by atoms with E-state index in [0.29, 0.717) is 13.0 Å². The zero-order chi connectivity index (χ0) is 16.4. The highest BCUT2D eigenvalue weighted by Crippen LogP contribution is 2.24. The first-order valence-electron chi connectivity index (χ1n) is 7.63. The molecule has 0 aliphatic carbocycles. The van der Waals surface area contributed by atoms with Crippen LogP contribution in [0.15, 0.2) is 36.5 Å². The summed E-state index contributed by atoms with van der Waals surface area (Å²) in [6, 6.07) is 10.1. The summed E-state index contributed by atoms with van der Waals surface area (Å²) in [5, 5.41) is 14.4. The van der Waals surface area contributed by atoms with Gasteiger partial charge >= 0.3 is 5.97 Å². The van der Waals surface area contributed by atoms with Crippen LogP contribution in [-0.2, 0) is 17.8 Å². The van der Waals surface area contributed by atoms with Crippen LogP contribution in [0.1, 0.15) is 28.8 Å². The molecule has 2 aromatic heterocycles. The van der Waals surface area contributed by atoms with Crippen LogP contribution in [0.5, 0.6) is 0 Å². The van der Waals surface area contributed by atoms with Crippen LogP contribution in [-0.4, -0.2) is 25.8 Å². The van der Waals surface area contributed by atoms with Crippen molar-refractivity contribution in [1.82, 2.24) is 14.8 Å². The number of pyridine rings is 1. The van der Waals surface area contributed by atoms with Crippen molar-refractivity contribution in [2.75, 3.05) is 0 Å². The summed E-state index contributed by atoms with van der Waals surface area (Å²) in [5.41, 5.74) is 4.99. The molecule has 118 valence electrons. The van der Waals surface area contributed by atoms with Gasteiger partial charge in [-0.1, -0.05) is 30.3 Å². The summed E-state index contributed by atoms with van der Waals surface area (Å²) in [4.78, 5) is 15.5. The maximum atomic E-state index is 10.8. The van der Waals surface area contributed by atoms with Gasteiger partial charge in [-0.25, -0.2) is 9.67 Å². The minimum absolute atomic E-state index is 0.118. The highest BCUT2D eigenvalue weighted by atomic mass is 16.4. The molecule has 0 radical (unpaired) electrons. The molecule has 0 aliphatic heterocycles. The lowest BCUT2D eigenvalue weighted by Crippen LogP contribution is -2.06. The SMILES string of the molecule is Cc1nc2c(cnn2Cc2ccccc2)c(C)c1CCC(=O)O. The molecule has 0 aliphatic rings. The van der Waals surface area contributed by atoms with Gasteiger partial charge in [0.25, 0.3) is 0 Å². The van der Waals surface area contributed by atoms with Gasteiger partial charge < -0.3 is 5.11 Å². The summed E-state index contributed by atoms with van der Waals surface area (Å²) < 4.78 is 1.89. The number of hydrogen-bond donors (Lipinski definition) is 1. The average molecular weight is 309 g/mol. The second-order valence-electron chi connectivity index (χ2n) is 5.72. The van der Waals surface area contributed by atoms with Crippen LogP contribution in [0.4, 0.5) is 0 Å². The molecule has 23 heavy (non-hydrogen) atoms. The molecule has 3 aromatic rings. The maximum absolute atomic E-state index is 10.8. The summed E-state index contributed by atoms with van der Waals surface area (Å²) in [7, 11) is 0. The van der Waals surface area contributed by atoms with E-state index in [9.17, 15) is 4.79 Å². The van der Waals surface area contributed by atoms with Crippen molar-refractivity contribution in [1.29, 1.82) is 0 Å². The maximum Gasteiger partial charge on any atom is 0.303 e. The molecule has 5 heteroatoms. The van der Waals surface area contributed by atoms with Crippen molar-refractivity contribution in [3.63, 3.8) is 0 Å². The Hall–Kier alpha value is -2.69. The molecule has 1 N–H and O–H groups in total. The number of fused-ring (bicyclic) bond motifs is 1. The Morgan fingerprint density at radius 1 is 1.22 bits per heavy atom. The standard InChI is InChI=1S/C18H19N3O2/c1-12-15(8-9-17(22)23)13(2)20-18-16(12)10-19-21(18)11-14-6-4-3-5-7-14/h3-7,10H,8-9,11H2,1-2H3,(H,22,23). The number of carboxylic acid groups (broad SMARTS) is 1. The number of aliphatic carboxylic acids is 1. The zero-order valence-electron chi connectivity index (χ0n) is 13.3. The predicted molar refractivity (Wildman–Crippen MR) is 88.5 cm³/mol. The molecular formula is C18H19N3O2. The van der Waals surface area contributed by atoms with E-state index in [2.05, 4.69) is 22.2 Å². The van der Waals surface area contributed by atoms with Gasteiger partial charge in [0.05, 0.1) is 12.7 Å². The van der Waals surface area contributed by atoms with E-state index >= 15 is 0 Å². The Morgan fingerprint density at radius 3 is 2.65 bits per heavy atom. The Labute approximate surface area is 134 Å². The van der Waals surface area contributed by atoms with Gasteiger partial charge in [0, 0.05) is 17.5 Å². The Morgan fingerprint density at radius 2 is 1.96 bits per heavy atom. The van der Waals surface area contributed by atoms with Crippen molar-refractivity contribution >= 4 is 17.0 Å². The lowest BCUT2D eigenvalue weighted by atomic mass is 10.0. The highest BCUT2D eigenvalue weighted by Gasteiger charge is 2.14. The lowest BCUT2D eigenvalue weighted by Gasteiger charge is -2.10. The largest absolute Gasteiger partial charge is 0.481 e. The summed E-state index contributed by atoms with van der Waals surface area (Å²) in [6.07, 6.45) is 2.44. The molecule has 0 bridgehead atoms. The fraction of sp³-hybridized carbons (Fsp3) is 0.278. The van der Waals surface area contributed by atoms with Crippen LogP contribution in [0, 0.1) is 13.8 Å². The Bertz CT molecular complexity index is 854. The quantitative estimate of drug-likeness (QED) is 0.786. The average Bonchev–Trinajstić information content (AvgIpc) is 2.91. The summed E-state index contributed by atoms with van der Waals surface area (Å²) >= 11 is 0. The van der Waals surface area contributed by atoms with E-state index in [0.717, 1.165) is 27.9 Å². The summed E-state index contributed by atoms with van der Waals surface area (Å²) in [5.74, 6) is -0.788. The molecule has 0 saturated carbocycles. The Kier molecular flexibility index (Phi) is 4.10. The smallest absolute Gasteiger partial charge is 0.303 e. The van der Waals surface area contributed by atoms with Crippen molar-refractivity contribution in [2.24, 2.45) is 0 Å². The molecule has 0 unspecified atom stereocenters. The molecule has 0 amide bonds. The van der Waals surface area contributed by atoms with Crippen molar-refractivity contribution < 1.29 is 9.90 Å². The number of aryl methyl sites for hydroxylation is 2. The van der Waals surface area contributed by atoms with E-state index in [1.165, 1.54) is 5.56 Å². The third-order valence-electron chi connectivity index (χ3n) is 4.14. The van der Waals surface area contributed by atoms with Crippen LogP contribution in [0.25, 0.3) is 11.0 Å². The molecule has 0 fully saturated rings. The monoisotopic (exact) mass is 309 g/mol. The predicted octanol–water partition coefficient (Wildman–Crippen LogP) is 3.11. The molecule has 5 nitrogen and oxygen atoms in total. The van der Waals surface area contributed by atoms with Gasteiger partial charge in [-0.05, 0) is 37.0 Å². The van der Waals surface area contributed by atoms with Gasteiger partial charge in [-0.15, -0.1) is 0 Å². The second-order valence-corrected chi connectivity index (χ2v) is 5.72. The molecule has 2 heterocycles. The van der Waals surface area contributed by atoms with Crippen LogP contribution < -0.4 is 0 Å². The number of aromatic nitrogens is 3. The third-order valence-corrected chi connectivity index (χ3v) is 4.14. The zero-order valence-corrected chi connectivity index (χ0v) is 13.3. The molecule has 0 spiro atoms. The molecule has 0 saturated heterocycles. The molecule has 3 rings (SSSR count). The Balaban J connectivity index is 1.99. The van der Waals surface area contributed by atoms with E-state index in [4.69, 9.17) is 5.11 Å². The molecule has 0 atom stereocenters. The van der Waals surface area contributed by atoms with Gasteiger partial charge in [-0.2, -0.15) is 5.10 Å². The van der Waals surface area contributed by atoms with Gasteiger partial charge in [0.15, 0.2) is 5.65 Å². The highest BCUT2D eigenvalue weighted by molar-refractivity contribution is 5.80. The number of hydrogen-bond acceptors (Lipinski definition) is 3.